The van der Waals surface area contributed by atoms with Gasteiger partial charge in [0.1, 0.15) is 5.69 Å². The van der Waals surface area contributed by atoms with Gasteiger partial charge in [0.25, 0.3) is 0 Å². The highest BCUT2D eigenvalue weighted by Crippen LogP contribution is 2.15. The summed E-state index contributed by atoms with van der Waals surface area (Å²) in [6.45, 7) is 6.64. The Kier molecular flexibility index (Phi) is 3.09. The van der Waals surface area contributed by atoms with Crippen molar-refractivity contribution in [1.82, 2.24) is 9.78 Å². The van der Waals surface area contributed by atoms with Crippen LogP contribution >= 0.6 is 0 Å². The largest absolute Gasteiger partial charge is 0.287 e. The Balaban J connectivity index is 2.47. The van der Waals surface area contributed by atoms with Gasteiger partial charge < -0.3 is 0 Å². The van der Waals surface area contributed by atoms with E-state index < -0.39 is 0 Å². The Bertz CT molecular complexity index is 555. The summed E-state index contributed by atoms with van der Waals surface area (Å²) in [4.78, 5) is 12.4. The summed E-state index contributed by atoms with van der Waals surface area (Å²) in [5.41, 5.74) is 3.52. The summed E-state index contributed by atoms with van der Waals surface area (Å²) in [5.74, 6) is 0.0468. The molecular weight excluding hydrogens is 212 g/mol. The lowest BCUT2D eigenvalue weighted by molar-refractivity contribution is 0.102. The van der Waals surface area contributed by atoms with Gasteiger partial charge in [-0.05, 0) is 38.5 Å². The molecule has 3 nitrogen and oxygen atoms in total. The van der Waals surface area contributed by atoms with E-state index in [4.69, 9.17) is 0 Å². The monoisotopic (exact) mass is 228 g/mol. The predicted molar refractivity (Wildman–Crippen MR) is 67.2 cm³/mol. The number of nitrogens with zero attached hydrogens (tertiary/aromatic N) is 2. The first-order chi connectivity index (χ1) is 8.13. The van der Waals surface area contributed by atoms with Crippen LogP contribution in [0.4, 0.5) is 0 Å². The third-order valence-corrected chi connectivity index (χ3v) is 2.89. The second-order valence-corrected chi connectivity index (χ2v) is 4.18. The molecule has 2 aromatic rings. The molecule has 0 bridgehead atoms. The van der Waals surface area contributed by atoms with E-state index in [0.29, 0.717) is 12.2 Å². The molecule has 1 heterocycles. The molecule has 0 spiro atoms. The van der Waals surface area contributed by atoms with Crippen molar-refractivity contribution in [3.63, 3.8) is 0 Å². The van der Waals surface area contributed by atoms with Crippen molar-refractivity contribution in [2.24, 2.45) is 0 Å². The van der Waals surface area contributed by atoms with Gasteiger partial charge in [-0.2, -0.15) is 5.10 Å². The van der Waals surface area contributed by atoms with Crippen molar-refractivity contribution in [3.8, 4) is 0 Å². The zero-order valence-corrected chi connectivity index (χ0v) is 10.4. The van der Waals surface area contributed by atoms with E-state index in [1.54, 1.807) is 16.9 Å². The molecule has 0 aliphatic heterocycles. The van der Waals surface area contributed by atoms with E-state index in [0.717, 1.165) is 16.7 Å². The predicted octanol–water partition coefficient (Wildman–Crippen LogP) is 2.75. The van der Waals surface area contributed by atoms with Gasteiger partial charge in [0.15, 0.2) is 0 Å². The van der Waals surface area contributed by atoms with E-state index in [2.05, 4.69) is 5.10 Å². The van der Waals surface area contributed by atoms with Gasteiger partial charge in [-0.3, -0.25) is 9.48 Å². The van der Waals surface area contributed by atoms with E-state index >= 15 is 0 Å². The van der Waals surface area contributed by atoms with Crippen LogP contribution in [-0.4, -0.2) is 15.6 Å². The summed E-state index contributed by atoms with van der Waals surface area (Å²) in [6, 6.07) is 7.71. The normalized spacial score (nSPS) is 10.5. The van der Waals surface area contributed by atoms with Gasteiger partial charge in [-0.25, -0.2) is 0 Å². The lowest BCUT2D eigenvalue weighted by Gasteiger charge is -2.07. The van der Waals surface area contributed by atoms with Crippen molar-refractivity contribution >= 4 is 5.78 Å². The van der Waals surface area contributed by atoms with Crippen LogP contribution in [0.15, 0.2) is 30.5 Å². The van der Waals surface area contributed by atoms with Crippen LogP contribution in [0.3, 0.4) is 0 Å². The molecule has 0 aliphatic rings. The van der Waals surface area contributed by atoms with Crippen molar-refractivity contribution in [1.29, 1.82) is 0 Å². The topological polar surface area (TPSA) is 34.9 Å². The van der Waals surface area contributed by atoms with Crippen molar-refractivity contribution in [2.75, 3.05) is 0 Å². The minimum atomic E-state index is 0.0468. The maximum atomic E-state index is 12.4. The van der Waals surface area contributed by atoms with Gasteiger partial charge in [-0.15, -0.1) is 0 Å². The molecule has 0 radical (unpaired) electrons. The Morgan fingerprint density at radius 1 is 1.29 bits per heavy atom. The zero-order chi connectivity index (χ0) is 12.4. The summed E-state index contributed by atoms with van der Waals surface area (Å²) < 4.78 is 1.73. The average Bonchev–Trinajstić information content (AvgIpc) is 2.79. The van der Waals surface area contributed by atoms with Crippen LogP contribution in [0.25, 0.3) is 0 Å². The Hall–Kier alpha value is -1.90. The maximum absolute atomic E-state index is 12.4. The second kappa shape index (κ2) is 4.53. The maximum Gasteiger partial charge on any atom is 0.211 e. The minimum Gasteiger partial charge on any atom is -0.287 e. The number of hydrogen-bond acceptors (Lipinski definition) is 2. The molecule has 0 amide bonds. The lowest BCUT2D eigenvalue weighted by Crippen LogP contribution is -2.11. The first-order valence-electron chi connectivity index (χ1n) is 5.77. The van der Waals surface area contributed by atoms with E-state index in [-0.39, 0.29) is 5.78 Å². The Morgan fingerprint density at radius 3 is 2.76 bits per heavy atom. The third kappa shape index (κ3) is 2.13. The fourth-order valence-corrected chi connectivity index (χ4v) is 1.90. The number of aromatic nitrogens is 2. The molecule has 2 rings (SSSR count). The fourth-order valence-electron chi connectivity index (χ4n) is 1.90. The number of carbonyl (C=O) groups excluding carboxylic acids is 1. The van der Waals surface area contributed by atoms with Crippen molar-refractivity contribution in [2.45, 2.75) is 27.3 Å². The standard InChI is InChI=1S/C14H16N2O/c1-4-16-13(7-8-15-16)14(17)12-9-10(2)5-6-11(12)3/h5-9H,4H2,1-3H3. The summed E-state index contributed by atoms with van der Waals surface area (Å²) in [5, 5.41) is 4.13. The number of aryl methyl sites for hydroxylation is 3. The smallest absolute Gasteiger partial charge is 0.211 e. The van der Waals surface area contributed by atoms with Crippen LogP contribution in [-0.2, 0) is 6.54 Å². The first-order valence-corrected chi connectivity index (χ1v) is 5.77. The van der Waals surface area contributed by atoms with Crippen LogP contribution < -0.4 is 0 Å². The molecule has 3 heteroatoms. The molecule has 0 atom stereocenters. The van der Waals surface area contributed by atoms with E-state index in [9.17, 15) is 4.79 Å². The van der Waals surface area contributed by atoms with Crippen molar-refractivity contribution < 1.29 is 4.79 Å². The molecule has 1 aromatic heterocycles. The number of carbonyl (C=O) groups is 1. The molecule has 17 heavy (non-hydrogen) atoms. The van der Waals surface area contributed by atoms with Crippen LogP contribution in [0.5, 0.6) is 0 Å². The molecule has 0 fully saturated rings. The minimum absolute atomic E-state index is 0.0468. The number of rotatable bonds is 3. The third-order valence-electron chi connectivity index (χ3n) is 2.89. The second-order valence-electron chi connectivity index (χ2n) is 4.18. The number of ketones is 1. The van der Waals surface area contributed by atoms with Crippen LogP contribution in [0.1, 0.15) is 34.1 Å². The molecule has 0 aliphatic carbocycles. The average molecular weight is 228 g/mol. The highest BCUT2D eigenvalue weighted by atomic mass is 16.1. The SMILES string of the molecule is CCn1nccc1C(=O)c1cc(C)ccc1C. The molecule has 1 aromatic carbocycles. The Morgan fingerprint density at radius 2 is 2.06 bits per heavy atom. The van der Waals surface area contributed by atoms with Gasteiger partial charge in [0.05, 0.1) is 0 Å². The summed E-state index contributed by atoms with van der Waals surface area (Å²) in [7, 11) is 0. The molecule has 0 saturated carbocycles. The van der Waals surface area contributed by atoms with Gasteiger partial charge >= 0.3 is 0 Å². The van der Waals surface area contributed by atoms with Crippen LogP contribution in [0, 0.1) is 13.8 Å². The van der Waals surface area contributed by atoms with Crippen molar-refractivity contribution in [3.05, 3.63) is 52.8 Å². The summed E-state index contributed by atoms with van der Waals surface area (Å²) >= 11 is 0. The zero-order valence-electron chi connectivity index (χ0n) is 10.4. The van der Waals surface area contributed by atoms with Crippen LogP contribution in [0.2, 0.25) is 0 Å². The first kappa shape index (κ1) is 11.6. The Labute approximate surface area is 101 Å². The molecule has 0 saturated heterocycles. The molecule has 0 unspecified atom stereocenters. The lowest BCUT2D eigenvalue weighted by atomic mass is 10.0. The highest BCUT2D eigenvalue weighted by Gasteiger charge is 2.15. The van der Waals surface area contributed by atoms with Gasteiger partial charge in [-0.1, -0.05) is 17.7 Å². The van der Waals surface area contributed by atoms with E-state index in [1.165, 1.54) is 0 Å². The quantitative estimate of drug-likeness (QED) is 0.757. The van der Waals surface area contributed by atoms with Gasteiger partial charge in [0, 0.05) is 18.3 Å². The molecule has 88 valence electrons. The van der Waals surface area contributed by atoms with E-state index in [1.807, 2.05) is 39.0 Å². The molecule has 0 N–H and O–H groups in total. The van der Waals surface area contributed by atoms with Gasteiger partial charge in [0.2, 0.25) is 5.78 Å². The number of benzene rings is 1. The fraction of sp³-hybridized carbons (Fsp3) is 0.286. The number of hydrogen-bond donors (Lipinski definition) is 0. The highest BCUT2D eigenvalue weighted by molar-refractivity contribution is 6.08. The summed E-state index contributed by atoms with van der Waals surface area (Å²) in [6.07, 6.45) is 1.67. The molecular formula is C14H16N2O.